The minimum absolute atomic E-state index is 0.852. The molecule has 1 heterocycles. The number of rotatable bonds is 6. The Balaban J connectivity index is 2.84. The van der Waals surface area contributed by atoms with Crippen LogP contribution in [-0.4, -0.2) is 80.5 Å². The molecule has 126 valence electrons. The van der Waals surface area contributed by atoms with Crippen molar-refractivity contribution in [1.82, 2.24) is 4.72 Å². The van der Waals surface area contributed by atoms with Crippen LogP contribution in [-0.2, 0) is 34.4 Å². The summed E-state index contributed by atoms with van der Waals surface area (Å²) < 4.78 is 74.8. The lowest BCUT2D eigenvalue weighted by atomic mass is 9.98. The Hall–Kier alpha value is -0.420. The van der Waals surface area contributed by atoms with Gasteiger partial charge in [0.25, 0.3) is 0 Å². The molecule has 0 aliphatic carbocycles. The predicted molar refractivity (Wildman–Crippen MR) is 63.7 cm³/mol. The molecule has 0 aromatic heterocycles. The van der Waals surface area contributed by atoms with Crippen LogP contribution < -0.4 is 4.72 Å². The molecule has 1 saturated heterocycles. The fraction of sp³-hybridized carbons (Fsp3) is 1.00. The quantitative estimate of drug-likeness (QED) is 0.300. The van der Waals surface area contributed by atoms with Crippen LogP contribution in [0.3, 0.4) is 0 Å². The molecule has 1 aliphatic rings. The standard InChI is InChI=1S/C7H15NO11S2/c1-17-7-4(8-20(11,12)13)6(10)5(9)3(19-7)2-18-21(14,15)16/h3-10H,2H2,1H3,(H,11,12,13)(H,14,15,16)/t3-,4-,5-,6-,7+/m1/s1. The highest BCUT2D eigenvalue weighted by Gasteiger charge is 2.46. The number of methoxy groups -OCH3 is 1. The van der Waals surface area contributed by atoms with Crippen LogP contribution in [0.1, 0.15) is 0 Å². The summed E-state index contributed by atoms with van der Waals surface area (Å²) in [5.74, 6) is 0. The molecule has 1 rings (SSSR count). The van der Waals surface area contributed by atoms with E-state index in [4.69, 9.17) is 18.6 Å². The van der Waals surface area contributed by atoms with Gasteiger partial charge in [-0.3, -0.25) is 9.11 Å². The fourth-order valence-electron chi connectivity index (χ4n) is 1.72. The van der Waals surface area contributed by atoms with Gasteiger partial charge in [0, 0.05) is 7.11 Å². The van der Waals surface area contributed by atoms with Gasteiger partial charge in [0.15, 0.2) is 6.29 Å². The lowest BCUT2D eigenvalue weighted by Gasteiger charge is -2.41. The van der Waals surface area contributed by atoms with E-state index in [9.17, 15) is 27.0 Å². The Morgan fingerprint density at radius 3 is 2.14 bits per heavy atom. The first-order chi connectivity index (χ1) is 9.44. The van der Waals surface area contributed by atoms with E-state index in [1.165, 1.54) is 0 Å². The Labute approximate surface area is 120 Å². The molecule has 0 bridgehead atoms. The van der Waals surface area contributed by atoms with Crippen molar-refractivity contribution in [3.05, 3.63) is 0 Å². The number of ether oxygens (including phenoxy) is 2. The van der Waals surface area contributed by atoms with Crippen LogP contribution in [0.25, 0.3) is 0 Å². The average Bonchev–Trinajstić information content (AvgIpc) is 2.31. The van der Waals surface area contributed by atoms with Crippen molar-refractivity contribution in [2.24, 2.45) is 0 Å². The second-order valence-corrected chi connectivity index (χ2v) is 6.37. The topological polar surface area (TPSA) is 189 Å². The van der Waals surface area contributed by atoms with Crippen LogP contribution >= 0.6 is 0 Å². The van der Waals surface area contributed by atoms with Gasteiger partial charge in [-0.2, -0.15) is 21.6 Å². The Morgan fingerprint density at radius 2 is 1.71 bits per heavy atom. The molecule has 0 saturated carbocycles. The number of hydrogen-bond donors (Lipinski definition) is 5. The molecule has 5 atom stereocenters. The van der Waals surface area contributed by atoms with Crippen molar-refractivity contribution in [1.29, 1.82) is 0 Å². The predicted octanol–water partition coefficient (Wildman–Crippen LogP) is -3.34. The van der Waals surface area contributed by atoms with Gasteiger partial charge in [-0.25, -0.2) is 4.18 Å². The van der Waals surface area contributed by atoms with Crippen LogP contribution in [0.4, 0.5) is 0 Å². The van der Waals surface area contributed by atoms with E-state index >= 15 is 0 Å². The van der Waals surface area contributed by atoms with Gasteiger partial charge < -0.3 is 19.7 Å². The van der Waals surface area contributed by atoms with E-state index in [2.05, 4.69) is 4.18 Å². The maximum Gasteiger partial charge on any atom is 0.397 e. The summed E-state index contributed by atoms with van der Waals surface area (Å²) in [4.78, 5) is 0. The van der Waals surface area contributed by atoms with E-state index in [0.717, 1.165) is 7.11 Å². The highest BCUT2D eigenvalue weighted by molar-refractivity contribution is 7.83. The lowest BCUT2D eigenvalue weighted by Crippen LogP contribution is -2.64. The Kier molecular flexibility index (Phi) is 6.01. The molecule has 12 nitrogen and oxygen atoms in total. The van der Waals surface area contributed by atoms with Crippen molar-refractivity contribution >= 4 is 20.7 Å². The van der Waals surface area contributed by atoms with Gasteiger partial charge in [0.05, 0.1) is 6.61 Å². The third-order valence-corrected chi connectivity index (χ3v) is 3.60. The van der Waals surface area contributed by atoms with Gasteiger partial charge >= 0.3 is 20.7 Å². The zero-order valence-corrected chi connectivity index (χ0v) is 12.2. The van der Waals surface area contributed by atoms with Gasteiger partial charge in [0.1, 0.15) is 24.4 Å². The normalized spacial score (nSPS) is 34.8. The fourth-order valence-corrected chi connectivity index (χ4v) is 2.62. The SMILES string of the molecule is CO[C@H]1O[C@H](COS(=O)(=O)O)[C@@H](O)[C@H](O)[C@H]1NS(=O)(=O)O. The van der Waals surface area contributed by atoms with E-state index in [1.807, 2.05) is 0 Å². The van der Waals surface area contributed by atoms with Crippen molar-refractivity contribution in [3.63, 3.8) is 0 Å². The largest absolute Gasteiger partial charge is 0.397 e. The highest BCUT2D eigenvalue weighted by atomic mass is 32.3. The van der Waals surface area contributed by atoms with E-state index in [0.29, 0.717) is 0 Å². The smallest absolute Gasteiger partial charge is 0.388 e. The monoisotopic (exact) mass is 353 g/mol. The van der Waals surface area contributed by atoms with Gasteiger partial charge in [-0.05, 0) is 0 Å². The number of aliphatic hydroxyl groups excluding tert-OH is 2. The molecular formula is C7H15NO11S2. The van der Waals surface area contributed by atoms with Gasteiger partial charge in [0.2, 0.25) is 0 Å². The number of nitrogens with one attached hydrogen (secondary N) is 1. The van der Waals surface area contributed by atoms with E-state index < -0.39 is 58.0 Å². The first-order valence-electron chi connectivity index (χ1n) is 5.35. The second-order valence-electron chi connectivity index (χ2n) is 4.09. The van der Waals surface area contributed by atoms with Crippen LogP contribution in [0, 0.1) is 0 Å². The van der Waals surface area contributed by atoms with Crippen molar-refractivity contribution in [2.45, 2.75) is 30.6 Å². The molecule has 1 aliphatic heterocycles. The number of hydrogen-bond acceptors (Lipinski definition) is 9. The summed E-state index contributed by atoms with van der Waals surface area (Å²) in [6.45, 7) is -0.852. The van der Waals surface area contributed by atoms with Crippen molar-refractivity contribution in [2.75, 3.05) is 13.7 Å². The summed E-state index contributed by atoms with van der Waals surface area (Å²) in [6, 6.07) is -1.55. The lowest BCUT2D eigenvalue weighted by molar-refractivity contribution is -0.259. The number of aliphatic hydroxyl groups is 2. The third-order valence-electron chi connectivity index (χ3n) is 2.60. The zero-order chi connectivity index (χ0) is 16.4. The maximum absolute atomic E-state index is 10.8. The molecule has 0 unspecified atom stereocenters. The summed E-state index contributed by atoms with van der Waals surface area (Å²) in [7, 11) is -8.44. The van der Waals surface area contributed by atoms with Gasteiger partial charge in [-0.15, -0.1) is 0 Å². The molecule has 0 radical (unpaired) electrons. The third kappa shape index (κ3) is 5.70. The minimum atomic E-state index is -4.80. The average molecular weight is 353 g/mol. The molecule has 0 aromatic rings. The Bertz CT molecular complexity index is 541. The van der Waals surface area contributed by atoms with Crippen molar-refractivity contribution in [3.8, 4) is 0 Å². The molecule has 5 N–H and O–H groups in total. The maximum atomic E-state index is 10.8. The van der Waals surface area contributed by atoms with Crippen LogP contribution in [0.2, 0.25) is 0 Å². The first kappa shape index (κ1) is 18.6. The summed E-state index contributed by atoms with van der Waals surface area (Å²) in [5, 5.41) is 19.5. The van der Waals surface area contributed by atoms with E-state index in [-0.39, 0.29) is 0 Å². The first-order valence-corrected chi connectivity index (χ1v) is 8.16. The minimum Gasteiger partial charge on any atom is -0.388 e. The molecule has 0 spiro atoms. The molecule has 21 heavy (non-hydrogen) atoms. The summed E-state index contributed by atoms with van der Waals surface area (Å²) >= 11 is 0. The molecule has 0 amide bonds. The molecule has 1 fully saturated rings. The molecule has 0 aromatic carbocycles. The molecule has 14 heteroatoms. The van der Waals surface area contributed by atoms with Crippen LogP contribution in [0.5, 0.6) is 0 Å². The van der Waals surface area contributed by atoms with Crippen molar-refractivity contribution < 1.29 is 49.8 Å². The highest BCUT2D eigenvalue weighted by Crippen LogP contribution is 2.22. The Morgan fingerprint density at radius 1 is 1.14 bits per heavy atom. The molecular weight excluding hydrogens is 338 g/mol. The van der Waals surface area contributed by atoms with E-state index in [1.54, 1.807) is 4.72 Å². The second kappa shape index (κ2) is 6.78. The summed E-state index contributed by atoms with van der Waals surface area (Å²) in [5.41, 5.74) is 0. The zero-order valence-electron chi connectivity index (χ0n) is 10.6. The summed E-state index contributed by atoms with van der Waals surface area (Å²) in [6.07, 6.45) is -6.48. The van der Waals surface area contributed by atoms with Crippen LogP contribution in [0.15, 0.2) is 0 Å². The van der Waals surface area contributed by atoms with Gasteiger partial charge in [-0.1, -0.05) is 0 Å².